The van der Waals surface area contributed by atoms with Gasteiger partial charge in [0.1, 0.15) is 5.75 Å². The summed E-state index contributed by atoms with van der Waals surface area (Å²) in [6.45, 7) is 5.87. The molecule has 16 heavy (non-hydrogen) atoms. The monoisotopic (exact) mass is 222 g/mol. The quantitative estimate of drug-likeness (QED) is 0.833. The van der Waals surface area contributed by atoms with Gasteiger partial charge in [0.2, 0.25) is 0 Å². The maximum atomic E-state index is 10.9. The summed E-state index contributed by atoms with van der Waals surface area (Å²) < 4.78 is 5.50. The van der Waals surface area contributed by atoms with Gasteiger partial charge in [0.05, 0.1) is 0 Å². The van der Waals surface area contributed by atoms with E-state index in [0.717, 1.165) is 17.5 Å². The zero-order valence-corrected chi connectivity index (χ0v) is 9.99. The van der Waals surface area contributed by atoms with E-state index in [0.29, 0.717) is 12.2 Å². The predicted molar refractivity (Wildman–Crippen MR) is 62.9 cm³/mol. The summed E-state index contributed by atoms with van der Waals surface area (Å²) in [4.78, 5) is 10.9. The summed E-state index contributed by atoms with van der Waals surface area (Å²) in [6, 6.07) is 5.74. The minimum absolute atomic E-state index is 0.530. The number of hydrogen-bond acceptors (Lipinski definition) is 2. The number of rotatable bonds is 5. The average Bonchev–Trinajstić information content (AvgIpc) is 2.20. The lowest BCUT2D eigenvalue weighted by Gasteiger charge is -2.16. The molecule has 1 rings (SSSR count). The second-order valence-electron chi connectivity index (χ2n) is 4.00. The lowest BCUT2D eigenvalue weighted by atomic mass is 10.1. The van der Waals surface area contributed by atoms with Gasteiger partial charge in [0.15, 0.2) is 6.10 Å². The van der Waals surface area contributed by atoms with Crippen molar-refractivity contribution in [1.29, 1.82) is 0 Å². The van der Waals surface area contributed by atoms with E-state index in [4.69, 9.17) is 9.84 Å². The van der Waals surface area contributed by atoms with Crippen molar-refractivity contribution in [3.05, 3.63) is 29.3 Å². The molecule has 0 bridgehead atoms. The van der Waals surface area contributed by atoms with E-state index in [2.05, 4.69) is 0 Å². The molecule has 0 aliphatic carbocycles. The van der Waals surface area contributed by atoms with Crippen LogP contribution in [0.1, 0.15) is 30.9 Å². The number of hydrogen-bond donors (Lipinski definition) is 1. The van der Waals surface area contributed by atoms with E-state index >= 15 is 0 Å². The molecule has 88 valence electrons. The van der Waals surface area contributed by atoms with Crippen LogP contribution in [0.3, 0.4) is 0 Å². The van der Waals surface area contributed by atoms with Gasteiger partial charge in [0.25, 0.3) is 0 Å². The van der Waals surface area contributed by atoms with Crippen LogP contribution in [0.25, 0.3) is 0 Å². The minimum Gasteiger partial charge on any atom is -0.479 e. The van der Waals surface area contributed by atoms with Gasteiger partial charge >= 0.3 is 5.97 Å². The number of ether oxygens (including phenoxy) is 1. The Labute approximate surface area is 96.1 Å². The van der Waals surface area contributed by atoms with E-state index in [1.807, 2.05) is 39.0 Å². The van der Waals surface area contributed by atoms with Crippen molar-refractivity contribution in [2.24, 2.45) is 0 Å². The van der Waals surface area contributed by atoms with Gasteiger partial charge in [-0.3, -0.25) is 0 Å². The molecule has 0 saturated carbocycles. The van der Waals surface area contributed by atoms with Gasteiger partial charge in [0, 0.05) is 0 Å². The Morgan fingerprint density at radius 3 is 2.62 bits per heavy atom. The zero-order valence-electron chi connectivity index (χ0n) is 9.99. The van der Waals surface area contributed by atoms with E-state index in [1.165, 1.54) is 0 Å². The maximum Gasteiger partial charge on any atom is 0.344 e. The van der Waals surface area contributed by atoms with Gasteiger partial charge in [-0.25, -0.2) is 4.79 Å². The van der Waals surface area contributed by atoms with Crippen molar-refractivity contribution in [3.63, 3.8) is 0 Å². The second-order valence-corrected chi connectivity index (χ2v) is 4.00. The smallest absolute Gasteiger partial charge is 0.344 e. The molecule has 1 unspecified atom stereocenters. The molecule has 1 atom stereocenters. The predicted octanol–water partition coefficient (Wildman–Crippen LogP) is 2.94. The Kier molecular flexibility index (Phi) is 4.35. The molecular weight excluding hydrogens is 204 g/mol. The third-order valence-corrected chi connectivity index (χ3v) is 2.43. The number of carboxylic acids is 1. The standard InChI is InChI=1S/C13H18O3/c1-4-5-12(13(14)15)16-11-7-6-9(2)8-10(11)3/h6-8,12H,4-5H2,1-3H3,(H,14,15). The molecule has 0 aromatic heterocycles. The first-order valence-corrected chi connectivity index (χ1v) is 5.51. The molecule has 1 N–H and O–H groups in total. The summed E-state index contributed by atoms with van der Waals surface area (Å²) in [6.07, 6.45) is 0.580. The lowest BCUT2D eigenvalue weighted by molar-refractivity contribution is -0.145. The SMILES string of the molecule is CCCC(Oc1ccc(C)cc1C)C(=O)O. The number of carbonyl (C=O) groups is 1. The Morgan fingerprint density at radius 2 is 2.12 bits per heavy atom. The van der Waals surface area contributed by atoms with Gasteiger partial charge in [-0.05, 0) is 31.9 Å². The van der Waals surface area contributed by atoms with Crippen LogP contribution in [0.15, 0.2) is 18.2 Å². The Morgan fingerprint density at radius 1 is 1.44 bits per heavy atom. The van der Waals surface area contributed by atoms with Crippen molar-refractivity contribution in [1.82, 2.24) is 0 Å². The normalized spacial score (nSPS) is 12.2. The molecule has 0 aliphatic rings. The number of benzene rings is 1. The zero-order chi connectivity index (χ0) is 12.1. The number of aliphatic carboxylic acids is 1. The van der Waals surface area contributed by atoms with Gasteiger partial charge < -0.3 is 9.84 Å². The maximum absolute atomic E-state index is 10.9. The van der Waals surface area contributed by atoms with Crippen LogP contribution in [0.2, 0.25) is 0 Å². The first kappa shape index (κ1) is 12.6. The molecule has 0 saturated heterocycles. The molecule has 0 heterocycles. The van der Waals surface area contributed by atoms with Crippen LogP contribution in [0, 0.1) is 13.8 Å². The molecule has 0 spiro atoms. The fourth-order valence-corrected chi connectivity index (χ4v) is 1.58. The van der Waals surface area contributed by atoms with Crippen LogP contribution in [-0.2, 0) is 4.79 Å². The first-order chi connectivity index (χ1) is 7.54. The Bertz CT molecular complexity index is 371. The Balaban J connectivity index is 2.81. The highest BCUT2D eigenvalue weighted by molar-refractivity contribution is 5.72. The molecule has 0 radical (unpaired) electrons. The van der Waals surface area contributed by atoms with Gasteiger partial charge in [-0.1, -0.05) is 31.0 Å². The highest BCUT2D eigenvalue weighted by Crippen LogP contribution is 2.21. The van der Waals surface area contributed by atoms with Crippen LogP contribution >= 0.6 is 0 Å². The minimum atomic E-state index is -0.901. The molecule has 0 aliphatic heterocycles. The highest BCUT2D eigenvalue weighted by atomic mass is 16.5. The average molecular weight is 222 g/mol. The highest BCUT2D eigenvalue weighted by Gasteiger charge is 2.18. The molecule has 3 heteroatoms. The molecular formula is C13H18O3. The third kappa shape index (κ3) is 3.26. The summed E-state index contributed by atoms with van der Waals surface area (Å²) in [5, 5.41) is 8.99. The molecule has 0 amide bonds. The summed E-state index contributed by atoms with van der Waals surface area (Å²) in [7, 11) is 0. The van der Waals surface area contributed by atoms with E-state index in [9.17, 15) is 4.79 Å². The van der Waals surface area contributed by atoms with Crippen molar-refractivity contribution >= 4 is 5.97 Å². The summed E-state index contributed by atoms with van der Waals surface area (Å²) in [5.74, 6) is -0.242. The van der Waals surface area contributed by atoms with Crippen LogP contribution in [0.4, 0.5) is 0 Å². The third-order valence-electron chi connectivity index (χ3n) is 2.43. The summed E-state index contributed by atoms with van der Waals surface area (Å²) in [5.41, 5.74) is 2.12. The van der Waals surface area contributed by atoms with E-state index < -0.39 is 12.1 Å². The van der Waals surface area contributed by atoms with E-state index in [-0.39, 0.29) is 0 Å². The molecule has 0 fully saturated rings. The molecule has 1 aromatic carbocycles. The van der Waals surface area contributed by atoms with Crippen molar-refractivity contribution in [2.45, 2.75) is 39.7 Å². The molecule has 1 aromatic rings. The largest absolute Gasteiger partial charge is 0.479 e. The fourth-order valence-electron chi connectivity index (χ4n) is 1.58. The first-order valence-electron chi connectivity index (χ1n) is 5.51. The van der Waals surface area contributed by atoms with Crippen LogP contribution in [0.5, 0.6) is 5.75 Å². The topological polar surface area (TPSA) is 46.5 Å². The summed E-state index contributed by atoms with van der Waals surface area (Å²) >= 11 is 0. The van der Waals surface area contributed by atoms with Crippen molar-refractivity contribution in [3.8, 4) is 5.75 Å². The van der Waals surface area contributed by atoms with Crippen LogP contribution in [-0.4, -0.2) is 17.2 Å². The van der Waals surface area contributed by atoms with Crippen molar-refractivity contribution < 1.29 is 14.6 Å². The van der Waals surface area contributed by atoms with Gasteiger partial charge in [-0.15, -0.1) is 0 Å². The van der Waals surface area contributed by atoms with Gasteiger partial charge in [-0.2, -0.15) is 0 Å². The fraction of sp³-hybridized carbons (Fsp3) is 0.462. The van der Waals surface area contributed by atoms with Crippen LogP contribution < -0.4 is 4.74 Å². The molecule has 3 nitrogen and oxygen atoms in total. The van der Waals surface area contributed by atoms with Crippen molar-refractivity contribution in [2.75, 3.05) is 0 Å². The number of aryl methyl sites for hydroxylation is 2. The lowest BCUT2D eigenvalue weighted by Crippen LogP contribution is -2.26. The number of carboxylic acid groups (broad SMARTS) is 1. The van der Waals surface area contributed by atoms with E-state index in [1.54, 1.807) is 0 Å². The second kappa shape index (κ2) is 5.54. The Hall–Kier alpha value is -1.51.